The van der Waals surface area contributed by atoms with Gasteiger partial charge < -0.3 is 21.1 Å². The molecule has 0 bridgehead atoms. The van der Waals surface area contributed by atoms with Gasteiger partial charge in [0.1, 0.15) is 23.2 Å². The van der Waals surface area contributed by atoms with Crippen LogP contribution in [0.1, 0.15) is 12.7 Å². The molecule has 0 aliphatic heterocycles. The van der Waals surface area contributed by atoms with Gasteiger partial charge in [-0.05, 0) is 31.2 Å². The van der Waals surface area contributed by atoms with Crippen LogP contribution in [0.2, 0.25) is 0 Å². The summed E-state index contributed by atoms with van der Waals surface area (Å²) in [5.74, 6) is -0.520. The van der Waals surface area contributed by atoms with Gasteiger partial charge in [0, 0.05) is 6.07 Å². The lowest BCUT2D eigenvalue weighted by atomic mass is 10.3. The number of nitrogens with zero attached hydrogens (tertiary/aromatic N) is 3. The lowest BCUT2D eigenvalue weighted by molar-refractivity contribution is -0.115. The molecule has 0 saturated carbocycles. The van der Waals surface area contributed by atoms with E-state index in [0.717, 1.165) is 6.07 Å². The Hall–Kier alpha value is -3.47. The lowest BCUT2D eigenvalue weighted by Crippen LogP contribution is -2.23. The molecule has 0 radical (unpaired) electrons. The van der Waals surface area contributed by atoms with Crippen molar-refractivity contribution in [3.05, 3.63) is 59.9 Å². The van der Waals surface area contributed by atoms with E-state index in [1.54, 1.807) is 26.2 Å². The fourth-order valence-electron chi connectivity index (χ4n) is 2.53. The van der Waals surface area contributed by atoms with E-state index in [9.17, 15) is 13.6 Å². The predicted octanol–water partition coefficient (Wildman–Crippen LogP) is 3.74. The fraction of sp³-hybridized carbons (Fsp3) is 0.200. The van der Waals surface area contributed by atoms with E-state index in [1.165, 1.54) is 17.8 Å². The Morgan fingerprint density at radius 3 is 2.68 bits per heavy atom. The largest absolute Gasteiger partial charge is 0.495 e. The Balaban J connectivity index is 1.63. The minimum atomic E-state index is -0.845. The van der Waals surface area contributed by atoms with Crippen molar-refractivity contribution in [2.45, 2.75) is 17.9 Å². The predicted molar refractivity (Wildman–Crippen MR) is 116 cm³/mol. The number of aromatic nitrogens is 3. The number of anilines is 4. The molecule has 0 spiro atoms. The van der Waals surface area contributed by atoms with Crippen LogP contribution >= 0.6 is 11.8 Å². The van der Waals surface area contributed by atoms with E-state index < -0.39 is 22.8 Å². The van der Waals surface area contributed by atoms with Gasteiger partial charge >= 0.3 is 0 Å². The number of nitrogens with one attached hydrogen (secondary N) is 2. The topological polar surface area (TPSA) is 115 Å². The van der Waals surface area contributed by atoms with Crippen LogP contribution in [0.3, 0.4) is 0 Å². The highest BCUT2D eigenvalue weighted by Gasteiger charge is 2.17. The Kier molecular flexibility index (Phi) is 7.19. The number of nitrogens with two attached hydrogens (primary N) is 1. The second-order valence-corrected chi connectivity index (χ2v) is 7.65. The number of hydrogen-bond donors (Lipinski definition) is 3. The molecule has 8 nitrogen and oxygen atoms in total. The fourth-order valence-corrected chi connectivity index (χ4v) is 3.27. The summed E-state index contributed by atoms with van der Waals surface area (Å²) in [6.45, 7) is 1.65. The van der Waals surface area contributed by atoms with Gasteiger partial charge in [0.25, 0.3) is 0 Å². The molecule has 3 aromatic rings. The van der Waals surface area contributed by atoms with Crippen LogP contribution in [0, 0.1) is 11.6 Å². The number of carbonyl (C=O) groups excluding carboxylic acids is 1. The molecule has 1 atom stereocenters. The molecule has 11 heteroatoms. The number of amides is 1. The monoisotopic (exact) mass is 446 g/mol. The van der Waals surface area contributed by atoms with E-state index in [2.05, 4.69) is 25.6 Å². The van der Waals surface area contributed by atoms with Gasteiger partial charge in [0.2, 0.25) is 17.8 Å². The smallest absolute Gasteiger partial charge is 0.237 e. The standard InChI is InChI=1S/C20H20F2N6O2S/c1-11(18(29)24-14-8-7-12(21)9-13(14)22)31-10-17-26-19(23)28-20(27-17)25-15-5-3-4-6-16(15)30-2/h3-9,11H,10H2,1-2H3,(H,24,29)(H3,23,25,26,27,28). The lowest BCUT2D eigenvalue weighted by Gasteiger charge is -2.13. The number of methoxy groups -OCH3 is 1. The summed E-state index contributed by atoms with van der Waals surface area (Å²) in [6.07, 6.45) is 0. The molecule has 4 N–H and O–H groups in total. The number of hydrogen-bond acceptors (Lipinski definition) is 8. The molecular formula is C20H20F2N6O2S. The molecule has 2 aromatic carbocycles. The first kappa shape index (κ1) is 22.2. The van der Waals surface area contributed by atoms with E-state index in [-0.39, 0.29) is 23.3 Å². The Bertz CT molecular complexity index is 1090. The van der Waals surface area contributed by atoms with E-state index >= 15 is 0 Å². The van der Waals surface area contributed by atoms with E-state index in [0.29, 0.717) is 23.3 Å². The number of ether oxygens (including phenoxy) is 1. The first-order valence-corrected chi connectivity index (χ1v) is 10.2. The van der Waals surface area contributed by atoms with Crippen LogP contribution in [-0.4, -0.2) is 33.2 Å². The third-order valence-electron chi connectivity index (χ3n) is 4.07. The molecule has 31 heavy (non-hydrogen) atoms. The van der Waals surface area contributed by atoms with Gasteiger partial charge in [-0.1, -0.05) is 12.1 Å². The molecule has 0 saturated heterocycles. The summed E-state index contributed by atoms with van der Waals surface area (Å²) < 4.78 is 32.0. The van der Waals surface area contributed by atoms with Gasteiger partial charge in [-0.15, -0.1) is 11.8 Å². The van der Waals surface area contributed by atoms with Crippen molar-refractivity contribution < 1.29 is 18.3 Å². The quantitative estimate of drug-likeness (QED) is 0.479. The van der Waals surface area contributed by atoms with Gasteiger partial charge in [0.15, 0.2) is 0 Å². The SMILES string of the molecule is COc1ccccc1Nc1nc(N)nc(CSC(C)C(=O)Nc2ccc(F)cc2F)n1. The second kappa shape index (κ2) is 10.0. The van der Waals surface area contributed by atoms with Crippen LogP contribution in [0.5, 0.6) is 5.75 Å². The highest BCUT2D eigenvalue weighted by molar-refractivity contribution is 7.99. The van der Waals surface area contributed by atoms with Crippen LogP contribution < -0.4 is 21.1 Å². The molecule has 1 aromatic heterocycles. The summed E-state index contributed by atoms with van der Waals surface area (Å²) in [5.41, 5.74) is 6.35. The molecule has 162 valence electrons. The van der Waals surface area contributed by atoms with Crippen LogP contribution in [0.25, 0.3) is 0 Å². The molecule has 3 rings (SSSR count). The minimum Gasteiger partial charge on any atom is -0.495 e. The zero-order valence-corrected chi connectivity index (χ0v) is 17.5. The van der Waals surface area contributed by atoms with Crippen LogP contribution in [-0.2, 0) is 10.5 Å². The molecule has 1 heterocycles. The summed E-state index contributed by atoms with van der Waals surface area (Å²) in [7, 11) is 1.55. The average Bonchev–Trinajstić information content (AvgIpc) is 2.74. The average molecular weight is 446 g/mol. The molecule has 0 aliphatic carbocycles. The number of rotatable bonds is 8. The van der Waals surface area contributed by atoms with Crippen molar-refractivity contribution in [2.24, 2.45) is 0 Å². The summed E-state index contributed by atoms with van der Waals surface area (Å²) >= 11 is 1.23. The third kappa shape index (κ3) is 6.01. The summed E-state index contributed by atoms with van der Waals surface area (Å²) in [4.78, 5) is 24.8. The van der Waals surface area contributed by atoms with Crippen molar-refractivity contribution in [2.75, 3.05) is 23.5 Å². The number of halogens is 2. The highest BCUT2D eigenvalue weighted by Crippen LogP contribution is 2.26. The number of thioether (sulfide) groups is 1. The van der Waals surface area contributed by atoms with Crippen molar-refractivity contribution in [1.29, 1.82) is 0 Å². The van der Waals surface area contributed by atoms with Crippen molar-refractivity contribution in [1.82, 2.24) is 15.0 Å². The minimum absolute atomic E-state index is 0.0217. The number of nitrogen functional groups attached to an aromatic ring is 1. The maximum absolute atomic E-state index is 13.7. The molecule has 0 fully saturated rings. The van der Waals surface area contributed by atoms with Gasteiger partial charge in [0.05, 0.1) is 29.5 Å². The summed E-state index contributed by atoms with van der Waals surface area (Å²) in [6, 6.07) is 10.2. The van der Waals surface area contributed by atoms with Crippen molar-refractivity contribution in [3.8, 4) is 5.75 Å². The van der Waals surface area contributed by atoms with Crippen molar-refractivity contribution in [3.63, 3.8) is 0 Å². The first-order chi connectivity index (χ1) is 14.9. The van der Waals surface area contributed by atoms with E-state index in [4.69, 9.17) is 10.5 Å². The third-order valence-corrected chi connectivity index (χ3v) is 5.21. The van der Waals surface area contributed by atoms with Gasteiger partial charge in [-0.3, -0.25) is 4.79 Å². The normalized spacial score (nSPS) is 11.6. The molecule has 1 amide bonds. The highest BCUT2D eigenvalue weighted by atomic mass is 32.2. The first-order valence-electron chi connectivity index (χ1n) is 9.13. The molecular weight excluding hydrogens is 426 g/mol. The zero-order valence-electron chi connectivity index (χ0n) is 16.7. The number of carbonyl (C=O) groups is 1. The molecule has 0 aliphatic rings. The second-order valence-electron chi connectivity index (χ2n) is 6.33. The maximum atomic E-state index is 13.7. The molecule has 1 unspecified atom stereocenters. The Labute approximate surface area is 181 Å². The summed E-state index contributed by atoms with van der Waals surface area (Å²) in [5, 5.41) is 4.90. The number of para-hydroxylation sites is 2. The maximum Gasteiger partial charge on any atom is 0.237 e. The van der Waals surface area contributed by atoms with Crippen LogP contribution in [0.15, 0.2) is 42.5 Å². The van der Waals surface area contributed by atoms with Crippen LogP contribution in [0.4, 0.5) is 32.1 Å². The number of benzene rings is 2. The van der Waals surface area contributed by atoms with Gasteiger partial charge in [-0.25, -0.2) is 8.78 Å². The Morgan fingerprint density at radius 2 is 1.94 bits per heavy atom. The van der Waals surface area contributed by atoms with Gasteiger partial charge in [-0.2, -0.15) is 15.0 Å². The zero-order chi connectivity index (χ0) is 22.4. The van der Waals surface area contributed by atoms with E-state index in [1.807, 2.05) is 12.1 Å². The Morgan fingerprint density at radius 1 is 1.16 bits per heavy atom. The van der Waals surface area contributed by atoms with Crippen molar-refractivity contribution >= 4 is 40.9 Å².